The van der Waals surface area contributed by atoms with E-state index in [1.54, 1.807) is 11.3 Å². The minimum Gasteiger partial charge on any atom is -0.301 e. The maximum absolute atomic E-state index is 12.4. The highest BCUT2D eigenvalue weighted by atomic mass is 32.2. The van der Waals surface area contributed by atoms with E-state index < -0.39 is 0 Å². The number of fused-ring (bicyclic) bond motifs is 2. The van der Waals surface area contributed by atoms with E-state index in [1.165, 1.54) is 33.5 Å². The van der Waals surface area contributed by atoms with Gasteiger partial charge in [0, 0.05) is 16.7 Å². The first-order valence-electron chi connectivity index (χ1n) is 8.60. The molecule has 8 heteroatoms. The number of benzene rings is 1. The van der Waals surface area contributed by atoms with Crippen molar-refractivity contribution in [3.8, 4) is 0 Å². The second kappa shape index (κ2) is 7.53. The predicted octanol–water partition coefficient (Wildman–Crippen LogP) is 5.21. The second-order valence-corrected chi connectivity index (χ2v) is 9.28. The first kappa shape index (κ1) is 18.3. The van der Waals surface area contributed by atoms with Crippen LogP contribution in [-0.2, 0) is 11.2 Å². The Morgan fingerprint density at radius 1 is 1.15 bits per heavy atom. The number of amides is 1. The van der Waals surface area contributed by atoms with Crippen LogP contribution in [0.25, 0.3) is 20.4 Å². The molecule has 3 aromatic heterocycles. The Balaban J connectivity index is 1.53. The maximum Gasteiger partial charge on any atom is 0.236 e. The predicted molar refractivity (Wildman–Crippen MR) is 115 cm³/mol. The van der Waals surface area contributed by atoms with Crippen molar-refractivity contribution in [3.63, 3.8) is 0 Å². The van der Waals surface area contributed by atoms with Crippen molar-refractivity contribution >= 4 is 65.9 Å². The van der Waals surface area contributed by atoms with Crippen LogP contribution < -0.4 is 5.32 Å². The van der Waals surface area contributed by atoms with E-state index in [9.17, 15) is 4.79 Å². The molecule has 0 aliphatic rings. The summed E-state index contributed by atoms with van der Waals surface area (Å²) in [5, 5.41) is 5.50. The van der Waals surface area contributed by atoms with Gasteiger partial charge in [0.2, 0.25) is 5.91 Å². The number of para-hydroxylation sites is 1. The number of thiazole rings is 1. The maximum atomic E-state index is 12.4. The molecule has 0 spiro atoms. The lowest BCUT2D eigenvalue weighted by atomic mass is 10.2. The molecule has 0 aliphatic heterocycles. The molecule has 1 amide bonds. The first-order chi connectivity index (χ1) is 13.0. The van der Waals surface area contributed by atoms with Gasteiger partial charge in [-0.05, 0) is 31.5 Å². The summed E-state index contributed by atoms with van der Waals surface area (Å²) >= 11 is 4.64. The fraction of sp³-hybridized carbons (Fsp3) is 0.263. The number of carbonyl (C=O) groups is 1. The molecular weight excluding hydrogens is 396 g/mol. The van der Waals surface area contributed by atoms with E-state index in [2.05, 4.69) is 34.1 Å². The van der Waals surface area contributed by atoms with Crippen molar-refractivity contribution in [3.05, 3.63) is 40.5 Å². The summed E-state index contributed by atoms with van der Waals surface area (Å²) in [6.07, 6.45) is 0.775. The highest BCUT2D eigenvalue weighted by Gasteiger charge is 2.16. The van der Waals surface area contributed by atoms with E-state index in [0.717, 1.165) is 37.7 Å². The Bertz CT molecular complexity index is 1120. The lowest BCUT2D eigenvalue weighted by molar-refractivity contribution is -0.113. The highest BCUT2D eigenvalue weighted by Crippen LogP contribution is 2.35. The van der Waals surface area contributed by atoms with Crippen molar-refractivity contribution in [2.45, 2.75) is 32.2 Å². The van der Waals surface area contributed by atoms with E-state index in [1.807, 2.05) is 31.2 Å². The molecule has 27 heavy (non-hydrogen) atoms. The molecule has 3 heterocycles. The molecule has 1 N–H and O–H groups in total. The van der Waals surface area contributed by atoms with Crippen LogP contribution in [0.1, 0.15) is 23.2 Å². The molecule has 1 aromatic carbocycles. The summed E-state index contributed by atoms with van der Waals surface area (Å²) in [6, 6.07) is 7.87. The fourth-order valence-corrected chi connectivity index (χ4v) is 5.63. The average molecular weight is 415 g/mol. The van der Waals surface area contributed by atoms with Crippen molar-refractivity contribution in [2.75, 3.05) is 11.1 Å². The van der Waals surface area contributed by atoms with Crippen LogP contribution in [0.4, 0.5) is 5.13 Å². The average Bonchev–Trinajstić information content (AvgIpc) is 3.19. The zero-order valence-electron chi connectivity index (χ0n) is 15.2. The number of aromatic nitrogens is 3. The highest BCUT2D eigenvalue weighted by molar-refractivity contribution is 8.00. The minimum absolute atomic E-state index is 0.0755. The Hall–Kier alpha value is -2.03. The largest absolute Gasteiger partial charge is 0.301 e. The zero-order chi connectivity index (χ0) is 19.0. The molecule has 0 atom stereocenters. The number of hydrogen-bond acceptors (Lipinski definition) is 7. The fourth-order valence-electron chi connectivity index (χ4n) is 2.73. The topological polar surface area (TPSA) is 67.8 Å². The van der Waals surface area contributed by atoms with Gasteiger partial charge >= 0.3 is 0 Å². The van der Waals surface area contributed by atoms with Gasteiger partial charge in [0.15, 0.2) is 5.13 Å². The number of aryl methyl sites for hydroxylation is 3. The van der Waals surface area contributed by atoms with Gasteiger partial charge < -0.3 is 5.32 Å². The van der Waals surface area contributed by atoms with Gasteiger partial charge in [-0.25, -0.2) is 15.0 Å². The monoisotopic (exact) mass is 414 g/mol. The normalized spacial score (nSPS) is 11.4. The third-order valence-corrected chi connectivity index (χ3v) is 7.27. The number of thioether (sulfide) groups is 1. The molecule has 5 nitrogen and oxygen atoms in total. The summed E-state index contributed by atoms with van der Waals surface area (Å²) in [7, 11) is 0. The van der Waals surface area contributed by atoms with E-state index in [4.69, 9.17) is 0 Å². The van der Waals surface area contributed by atoms with E-state index in [-0.39, 0.29) is 5.91 Å². The quantitative estimate of drug-likeness (QED) is 0.359. The van der Waals surface area contributed by atoms with Gasteiger partial charge in [0.25, 0.3) is 0 Å². The third kappa shape index (κ3) is 3.69. The lowest BCUT2D eigenvalue weighted by Gasteiger charge is -2.06. The smallest absolute Gasteiger partial charge is 0.236 e. The standard InChI is InChI=1S/C19H18N4OS3/c1-4-14-21-17(16-10(2)11(3)26-18(16)22-14)25-9-15(24)23-19-20-12-7-5-6-8-13(12)27-19/h5-8H,4,9H2,1-3H3,(H,20,23,24). The number of rotatable bonds is 5. The molecule has 0 bridgehead atoms. The molecule has 4 aromatic rings. The molecule has 0 saturated carbocycles. The molecule has 138 valence electrons. The Morgan fingerprint density at radius 2 is 1.96 bits per heavy atom. The number of carbonyl (C=O) groups excluding carboxylic acids is 1. The van der Waals surface area contributed by atoms with E-state index in [0.29, 0.717) is 10.9 Å². The summed E-state index contributed by atoms with van der Waals surface area (Å²) in [5.41, 5.74) is 2.10. The molecule has 0 saturated heterocycles. The molecule has 0 aliphatic carbocycles. The second-order valence-electron chi connectivity index (χ2n) is 6.09. The van der Waals surface area contributed by atoms with Gasteiger partial charge in [0.1, 0.15) is 15.7 Å². The first-order valence-corrected chi connectivity index (χ1v) is 11.2. The number of hydrogen-bond donors (Lipinski definition) is 1. The Labute approximate surface area is 169 Å². The van der Waals surface area contributed by atoms with Crippen LogP contribution in [0.5, 0.6) is 0 Å². The SMILES string of the molecule is CCc1nc(SCC(=O)Nc2nc3ccccc3s2)c2c(C)c(C)sc2n1. The van der Waals surface area contributed by atoms with Gasteiger partial charge in [-0.15, -0.1) is 11.3 Å². The Morgan fingerprint density at radius 3 is 2.74 bits per heavy atom. The molecule has 4 rings (SSSR count). The summed E-state index contributed by atoms with van der Waals surface area (Å²) in [6.45, 7) is 6.23. The van der Waals surface area contributed by atoms with Crippen LogP contribution in [0.3, 0.4) is 0 Å². The van der Waals surface area contributed by atoms with Gasteiger partial charge in [-0.1, -0.05) is 42.2 Å². The number of thiophene rings is 1. The molecule has 0 unspecified atom stereocenters. The van der Waals surface area contributed by atoms with Crippen LogP contribution in [0, 0.1) is 13.8 Å². The number of nitrogens with one attached hydrogen (secondary N) is 1. The Kier molecular flexibility index (Phi) is 5.12. The van der Waals surface area contributed by atoms with E-state index >= 15 is 0 Å². The van der Waals surface area contributed by atoms with Crippen molar-refractivity contribution < 1.29 is 4.79 Å². The minimum atomic E-state index is -0.0755. The summed E-state index contributed by atoms with van der Waals surface area (Å²) in [5.74, 6) is 1.03. The zero-order valence-corrected chi connectivity index (χ0v) is 17.6. The van der Waals surface area contributed by atoms with Crippen LogP contribution >= 0.6 is 34.4 Å². The molecule has 0 radical (unpaired) electrons. The van der Waals surface area contributed by atoms with Crippen LogP contribution in [-0.4, -0.2) is 26.6 Å². The summed E-state index contributed by atoms with van der Waals surface area (Å²) < 4.78 is 1.06. The summed E-state index contributed by atoms with van der Waals surface area (Å²) in [4.78, 5) is 28.5. The number of anilines is 1. The number of nitrogens with zero attached hydrogens (tertiary/aromatic N) is 3. The molecule has 0 fully saturated rings. The van der Waals surface area contributed by atoms with Crippen molar-refractivity contribution in [2.24, 2.45) is 0 Å². The van der Waals surface area contributed by atoms with Gasteiger partial charge in [0.05, 0.1) is 16.0 Å². The van der Waals surface area contributed by atoms with Crippen LogP contribution in [0.15, 0.2) is 29.3 Å². The van der Waals surface area contributed by atoms with Crippen molar-refractivity contribution in [1.29, 1.82) is 0 Å². The van der Waals surface area contributed by atoms with Gasteiger partial charge in [-0.3, -0.25) is 4.79 Å². The lowest BCUT2D eigenvalue weighted by Crippen LogP contribution is -2.14. The molecular formula is C19H18N4OS3. The van der Waals surface area contributed by atoms with Crippen molar-refractivity contribution in [1.82, 2.24) is 15.0 Å². The van der Waals surface area contributed by atoms with Gasteiger partial charge in [-0.2, -0.15) is 0 Å². The van der Waals surface area contributed by atoms with Crippen LogP contribution in [0.2, 0.25) is 0 Å². The third-order valence-electron chi connectivity index (χ3n) is 4.24.